The van der Waals surface area contributed by atoms with E-state index in [0.717, 1.165) is 12.8 Å². The van der Waals surface area contributed by atoms with E-state index in [9.17, 15) is 4.79 Å². The minimum atomic E-state index is -0.993. The van der Waals surface area contributed by atoms with Gasteiger partial charge in [0.15, 0.2) is 0 Å². The molecule has 1 aliphatic carbocycles. The zero-order valence-electron chi connectivity index (χ0n) is 14.0. The van der Waals surface area contributed by atoms with E-state index in [1.807, 2.05) is 6.07 Å². The third-order valence-electron chi connectivity index (χ3n) is 5.19. The lowest BCUT2D eigenvalue weighted by atomic mass is 9.64. The molecule has 0 saturated heterocycles. The quantitative estimate of drug-likeness (QED) is 0.686. The van der Waals surface area contributed by atoms with Gasteiger partial charge in [0.1, 0.15) is 11.2 Å². The number of hydrogen-bond acceptors (Lipinski definition) is 4. The fourth-order valence-electron chi connectivity index (χ4n) is 4.17. The summed E-state index contributed by atoms with van der Waals surface area (Å²) in [5.74, 6) is -0.768. The number of benzene rings is 1. The number of carbonyl (C=O) groups is 1. The first-order valence-corrected chi connectivity index (χ1v) is 8.22. The molecular formula is C19H22O4. The maximum absolute atomic E-state index is 12.7. The Morgan fingerprint density at radius 2 is 1.78 bits per heavy atom. The van der Waals surface area contributed by atoms with Gasteiger partial charge in [-0.05, 0) is 37.8 Å². The molecule has 0 fully saturated rings. The van der Waals surface area contributed by atoms with Gasteiger partial charge in [0.25, 0.3) is 11.7 Å². The molecule has 1 aromatic rings. The molecular weight excluding hydrogens is 292 g/mol. The lowest BCUT2D eigenvalue weighted by molar-refractivity contribution is -0.248. The highest BCUT2D eigenvalue weighted by atomic mass is 16.8. The zero-order valence-corrected chi connectivity index (χ0v) is 14.0. The monoisotopic (exact) mass is 314 g/mol. The Morgan fingerprint density at radius 3 is 2.57 bits per heavy atom. The number of hydrogen-bond donors (Lipinski definition) is 0. The van der Waals surface area contributed by atoms with E-state index in [4.69, 9.17) is 14.2 Å². The molecule has 2 heterocycles. The van der Waals surface area contributed by atoms with Gasteiger partial charge in [-0.2, -0.15) is 0 Å². The molecule has 4 nitrogen and oxygen atoms in total. The topological polar surface area (TPSA) is 44.8 Å². The molecule has 0 bridgehead atoms. The van der Waals surface area contributed by atoms with Gasteiger partial charge in [0.05, 0.1) is 0 Å². The molecule has 0 radical (unpaired) electrons. The standard InChI is InChI=1S/C19H22O4/c1-18(2)13-10-9-11-7-5-6-8-12(11)14(13)15-16(20)21-19(3,4)23-17(15)22-18/h5-8,13-14H,9-10H2,1-4H3/t13-,14-/m0/s1. The normalized spacial score (nSPS) is 30.2. The summed E-state index contributed by atoms with van der Waals surface area (Å²) in [5, 5.41) is 0. The molecule has 0 spiro atoms. The second kappa shape index (κ2) is 4.53. The van der Waals surface area contributed by atoms with Crippen molar-refractivity contribution in [1.29, 1.82) is 0 Å². The summed E-state index contributed by atoms with van der Waals surface area (Å²) in [6, 6.07) is 8.35. The number of ether oxygens (including phenoxy) is 3. The smallest absolute Gasteiger partial charge is 0.345 e. The van der Waals surface area contributed by atoms with Crippen LogP contribution in [0, 0.1) is 5.92 Å². The van der Waals surface area contributed by atoms with Gasteiger partial charge in [0, 0.05) is 25.7 Å². The Labute approximate surface area is 136 Å². The van der Waals surface area contributed by atoms with Crippen molar-refractivity contribution >= 4 is 5.97 Å². The second-order valence-corrected chi connectivity index (χ2v) is 7.62. The maximum atomic E-state index is 12.7. The van der Waals surface area contributed by atoms with Gasteiger partial charge in [-0.15, -0.1) is 0 Å². The number of esters is 1. The molecule has 1 aromatic carbocycles. The zero-order chi connectivity index (χ0) is 16.4. The van der Waals surface area contributed by atoms with Crippen LogP contribution in [-0.4, -0.2) is 17.4 Å². The predicted octanol–water partition coefficient (Wildman–Crippen LogP) is 3.66. The molecule has 0 saturated carbocycles. The molecule has 23 heavy (non-hydrogen) atoms. The van der Waals surface area contributed by atoms with E-state index in [0.29, 0.717) is 11.5 Å². The van der Waals surface area contributed by atoms with Crippen LogP contribution in [0.15, 0.2) is 35.8 Å². The summed E-state index contributed by atoms with van der Waals surface area (Å²) < 4.78 is 17.5. The summed E-state index contributed by atoms with van der Waals surface area (Å²) >= 11 is 0. The number of carbonyl (C=O) groups excluding carboxylic acids is 1. The van der Waals surface area contributed by atoms with Crippen molar-refractivity contribution in [2.75, 3.05) is 0 Å². The van der Waals surface area contributed by atoms with Crippen LogP contribution in [0.25, 0.3) is 0 Å². The molecule has 0 amide bonds. The van der Waals surface area contributed by atoms with Crippen LogP contribution in [0.5, 0.6) is 0 Å². The lowest BCUT2D eigenvalue weighted by Gasteiger charge is -2.50. The molecule has 3 aliphatic rings. The van der Waals surface area contributed by atoms with E-state index in [1.54, 1.807) is 13.8 Å². The van der Waals surface area contributed by atoms with Crippen molar-refractivity contribution in [1.82, 2.24) is 0 Å². The van der Waals surface area contributed by atoms with Crippen molar-refractivity contribution < 1.29 is 19.0 Å². The molecule has 4 heteroatoms. The van der Waals surface area contributed by atoms with Crippen molar-refractivity contribution in [2.24, 2.45) is 5.92 Å². The van der Waals surface area contributed by atoms with Gasteiger partial charge in [-0.25, -0.2) is 4.79 Å². The van der Waals surface area contributed by atoms with Gasteiger partial charge in [0.2, 0.25) is 0 Å². The van der Waals surface area contributed by atoms with Crippen molar-refractivity contribution in [3.05, 3.63) is 46.9 Å². The molecule has 122 valence electrons. The average molecular weight is 314 g/mol. The Bertz CT molecular complexity index is 714. The number of fused-ring (bicyclic) bond motifs is 4. The Hall–Kier alpha value is -1.97. The highest BCUT2D eigenvalue weighted by Gasteiger charge is 2.54. The summed E-state index contributed by atoms with van der Waals surface area (Å²) in [4.78, 5) is 12.7. The van der Waals surface area contributed by atoms with Crippen LogP contribution in [0.1, 0.15) is 51.2 Å². The first kappa shape index (κ1) is 14.6. The first-order chi connectivity index (χ1) is 10.8. The Balaban J connectivity index is 1.91. The minimum Gasteiger partial charge on any atom is -0.459 e. The number of rotatable bonds is 0. The van der Waals surface area contributed by atoms with Crippen LogP contribution in [0.3, 0.4) is 0 Å². The summed E-state index contributed by atoms with van der Waals surface area (Å²) in [6.45, 7) is 7.62. The SMILES string of the molecule is CC1(C)OC(=O)C2=C(O1)OC(C)(C)[C@H]1CCc3ccccc3[C@H]21. The van der Waals surface area contributed by atoms with E-state index in [1.165, 1.54) is 11.1 Å². The number of cyclic esters (lactones) is 1. The second-order valence-electron chi connectivity index (χ2n) is 7.62. The summed E-state index contributed by atoms with van der Waals surface area (Å²) in [6.07, 6.45) is 2.00. The van der Waals surface area contributed by atoms with Crippen LogP contribution in [0.4, 0.5) is 0 Å². The largest absolute Gasteiger partial charge is 0.459 e. The minimum absolute atomic E-state index is 0.0256. The predicted molar refractivity (Wildman–Crippen MR) is 84.4 cm³/mol. The maximum Gasteiger partial charge on any atom is 0.345 e. The van der Waals surface area contributed by atoms with Crippen molar-refractivity contribution in [3.8, 4) is 0 Å². The Kier molecular flexibility index (Phi) is 2.88. The van der Waals surface area contributed by atoms with Crippen LogP contribution in [-0.2, 0) is 25.4 Å². The fraction of sp³-hybridized carbons (Fsp3) is 0.526. The highest BCUT2D eigenvalue weighted by Crippen LogP contribution is 2.53. The number of aryl methyl sites for hydroxylation is 1. The fourth-order valence-corrected chi connectivity index (χ4v) is 4.17. The van der Waals surface area contributed by atoms with Crippen molar-refractivity contribution in [3.63, 3.8) is 0 Å². The lowest BCUT2D eigenvalue weighted by Crippen LogP contribution is -2.50. The van der Waals surface area contributed by atoms with Crippen molar-refractivity contribution in [2.45, 2.75) is 57.8 Å². The van der Waals surface area contributed by atoms with Gasteiger partial charge in [-0.3, -0.25) is 0 Å². The van der Waals surface area contributed by atoms with Gasteiger partial charge < -0.3 is 14.2 Å². The molecule has 2 aliphatic heterocycles. The van der Waals surface area contributed by atoms with Crippen LogP contribution >= 0.6 is 0 Å². The molecule has 0 unspecified atom stereocenters. The van der Waals surface area contributed by atoms with E-state index < -0.39 is 5.79 Å². The third kappa shape index (κ3) is 2.15. The third-order valence-corrected chi connectivity index (χ3v) is 5.19. The average Bonchev–Trinajstić information content (AvgIpc) is 2.44. The van der Waals surface area contributed by atoms with E-state index in [-0.39, 0.29) is 23.4 Å². The molecule has 0 aromatic heterocycles. The summed E-state index contributed by atoms with van der Waals surface area (Å²) in [7, 11) is 0. The van der Waals surface area contributed by atoms with Gasteiger partial charge in [-0.1, -0.05) is 24.3 Å². The van der Waals surface area contributed by atoms with E-state index in [2.05, 4.69) is 32.0 Å². The first-order valence-electron chi connectivity index (χ1n) is 8.22. The highest BCUT2D eigenvalue weighted by molar-refractivity contribution is 5.92. The van der Waals surface area contributed by atoms with Crippen LogP contribution < -0.4 is 0 Å². The molecule has 2 atom stereocenters. The molecule has 0 N–H and O–H groups in total. The summed E-state index contributed by atoms with van der Waals surface area (Å²) in [5.41, 5.74) is 2.66. The molecule has 4 rings (SSSR count). The Morgan fingerprint density at radius 1 is 1.04 bits per heavy atom. The van der Waals surface area contributed by atoms with E-state index >= 15 is 0 Å². The van der Waals surface area contributed by atoms with Gasteiger partial charge >= 0.3 is 5.97 Å². The van der Waals surface area contributed by atoms with Crippen LogP contribution in [0.2, 0.25) is 0 Å².